The zero-order valence-corrected chi connectivity index (χ0v) is 18.0. The monoisotopic (exact) mass is 416 g/mol. The maximum atomic E-state index is 13.1. The summed E-state index contributed by atoms with van der Waals surface area (Å²) >= 11 is 6.31. The van der Waals surface area contributed by atoms with E-state index in [-0.39, 0.29) is 25.0 Å². The summed E-state index contributed by atoms with van der Waals surface area (Å²) in [7, 11) is 0. The van der Waals surface area contributed by atoms with Crippen molar-refractivity contribution in [3.8, 4) is 5.75 Å². The minimum atomic E-state index is -0.600. The quantitative estimate of drug-likeness (QED) is 0.628. The van der Waals surface area contributed by atoms with Crippen LogP contribution in [0.2, 0.25) is 5.02 Å². The standard InChI is InChI=1S/C23H29ClN2O3/c1-4-21(23(28)25-14-17(2)3)26(15-18-10-8-9-13-20(18)24)22(27)16-29-19-11-6-5-7-12-19/h5-13,17,21H,4,14-16H2,1-3H3,(H,25,28)/t21-/m1/s1. The summed E-state index contributed by atoms with van der Waals surface area (Å²) in [6.07, 6.45) is 0.492. The van der Waals surface area contributed by atoms with Gasteiger partial charge in [-0.3, -0.25) is 9.59 Å². The lowest BCUT2D eigenvalue weighted by Crippen LogP contribution is -2.50. The number of halogens is 1. The number of rotatable bonds is 10. The molecule has 2 aromatic rings. The van der Waals surface area contributed by atoms with Crippen LogP contribution < -0.4 is 10.1 Å². The van der Waals surface area contributed by atoms with Gasteiger partial charge in [-0.2, -0.15) is 0 Å². The van der Waals surface area contributed by atoms with Crippen LogP contribution in [-0.4, -0.2) is 35.9 Å². The normalized spacial score (nSPS) is 11.8. The van der Waals surface area contributed by atoms with Crippen LogP contribution in [-0.2, 0) is 16.1 Å². The summed E-state index contributed by atoms with van der Waals surface area (Å²) in [5.74, 6) is 0.503. The van der Waals surface area contributed by atoms with E-state index in [0.29, 0.717) is 29.7 Å². The molecular formula is C23H29ClN2O3. The van der Waals surface area contributed by atoms with Crippen molar-refractivity contribution in [2.75, 3.05) is 13.2 Å². The highest BCUT2D eigenvalue weighted by Crippen LogP contribution is 2.20. The van der Waals surface area contributed by atoms with Crippen molar-refractivity contribution in [1.29, 1.82) is 0 Å². The third-order valence-corrected chi connectivity index (χ3v) is 4.84. The van der Waals surface area contributed by atoms with E-state index in [2.05, 4.69) is 5.32 Å². The minimum absolute atomic E-state index is 0.150. The largest absolute Gasteiger partial charge is 0.484 e. The van der Waals surface area contributed by atoms with Gasteiger partial charge < -0.3 is 15.0 Å². The molecule has 0 fully saturated rings. The molecule has 2 aromatic carbocycles. The third kappa shape index (κ3) is 7.09. The fourth-order valence-corrected chi connectivity index (χ4v) is 3.09. The molecule has 0 aromatic heterocycles. The van der Waals surface area contributed by atoms with Crippen molar-refractivity contribution in [3.63, 3.8) is 0 Å². The number of benzene rings is 2. The van der Waals surface area contributed by atoms with Crippen LogP contribution in [0.25, 0.3) is 0 Å². The fraction of sp³-hybridized carbons (Fsp3) is 0.391. The zero-order valence-electron chi connectivity index (χ0n) is 17.2. The van der Waals surface area contributed by atoms with Gasteiger partial charge in [0.15, 0.2) is 6.61 Å². The maximum absolute atomic E-state index is 13.1. The average molecular weight is 417 g/mol. The summed E-state index contributed by atoms with van der Waals surface area (Å²) in [5, 5.41) is 3.50. The van der Waals surface area contributed by atoms with Gasteiger partial charge in [0.25, 0.3) is 5.91 Å². The number of amides is 2. The summed E-state index contributed by atoms with van der Waals surface area (Å²) in [5.41, 5.74) is 0.789. The molecule has 156 valence electrons. The van der Waals surface area contributed by atoms with Crippen molar-refractivity contribution in [2.24, 2.45) is 5.92 Å². The summed E-state index contributed by atoms with van der Waals surface area (Å²) < 4.78 is 5.63. The van der Waals surface area contributed by atoms with Crippen LogP contribution in [0.1, 0.15) is 32.8 Å². The Balaban J connectivity index is 2.19. The molecule has 0 bridgehead atoms. The second-order valence-electron chi connectivity index (χ2n) is 7.28. The molecule has 2 rings (SSSR count). The first-order valence-corrected chi connectivity index (χ1v) is 10.3. The average Bonchev–Trinajstić information content (AvgIpc) is 2.72. The van der Waals surface area contributed by atoms with E-state index in [1.54, 1.807) is 23.1 Å². The van der Waals surface area contributed by atoms with E-state index in [0.717, 1.165) is 5.56 Å². The highest BCUT2D eigenvalue weighted by Gasteiger charge is 2.29. The molecule has 0 aliphatic rings. The number of hydrogen-bond acceptors (Lipinski definition) is 3. The molecule has 2 amide bonds. The van der Waals surface area contributed by atoms with Gasteiger partial charge in [-0.05, 0) is 36.1 Å². The number of nitrogens with one attached hydrogen (secondary N) is 1. The molecule has 0 aliphatic heterocycles. The van der Waals surface area contributed by atoms with E-state index in [9.17, 15) is 9.59 Å². The smallest absolute Gasteiger partial charge is 0.261 e. The van der Waals surface area contributed by atoms with Crippen molar-refractivity contribution < 1.29 is 14.3 Å². The summed E-state index contributed by atoms with van der Waals surface area (Å²) in [6.45, 7) is 6.60. The zero-order chi connectivity index (χ0) is 21.2. The number of carbonyl (C=O) groups excluding carboxylic acids is 2. The van der Waals surface area contributed by atoms with E-state index < -0.39 is 6.04 Å². The molecule has 0 heterocycles. The number of nitrogens with zero attached hydrogens (tertiary/aromatic N) is 1. The Bertz CT molecular complexity index is 796. The second-order valence-corrected chi connectivity index (χ2v) is 7.69. The predicted molar refractivity (Wildman–Crippen MR) is 116 cm³/mol. The summed E-state index contributed by atoms with van der Waals surface area (Å²) in [4.78, 5) is 27.4. The lowest BCUT2D eigenvalue weighted by molar-refractivity contribution is -0.143. The molecule has 0 radical (unpaired) electrons. The molecule has 6 heteroatoms. The Labute approximate surface area is 178 Å². The molecule has 1 N–H and O–H groups in total. The van der Waals surface area contributed by atoms with Gasteiger partial charge in [0.2, 0.25) is 5.91 Å². The van der Waals surface area contributed by atoms with Crippen molar-refractivity contribution in [3.05, 3.63) is 65.2 Å². The molecule has 0 saturated carbocycles. The first-order valence-electron chi connectivity index (χ1n) is 9.90. The van der Waals surface area contributed by atoms with Crippen LogP contribution in [0.3, 0.4) is 0 Å². The van der Waals surface area contributed by atoms with Crippen molar-refractivity contribution >= 4 is 23.4 Å². The number of hydrogen-bond donors (Lipinski definition) is 1. The fourth-order valence-electron chi connectivity index (χ4n) is 2.90. The van der Waals surface area contributed by atoms with Crippen LogP contribution in [0, 0.1) is 5.92 Å². The van der Waals surface area contributed by atoms with Crippen molar-refractivity contribution in [2.45, 2.75) is 39.8 Å². The van der Waals surface area contributed by atoms with Crippen LogP contribution in [0.15, 0.2) is 54.6 Å². The minimum Gasteiger partial charge on any atom is -0.484 e. The molecule has 0 aliphatic carbocycles. The van der Waals surface area contributed by atoms with E-state index in [4.69, 9.17) is 16.3 Å². The highest BCUT2D eigenvalue weighted by molar-refractivity contribution is 6.31. The lowest BCUT2D eigenvalue weighted by atomic mass is 10.1. The van der Waals surface area contributed by atoms with Crippen molar-refractivity contribution in [1.82, 2.24) is 10.2 Å². The number of ether oxygens (including phenoxy) is 1. The second kappa shape index (κ2) is 11.5. The Morgan fingerprint density at radius 3 is 2.34 bits per heavy atom. The number of carbonyl (C=O) groups is 2. The molecule has 29 heavy (non-hydrogen) atoms. The van der Waals surface area contributed by atoms with Crippen LogP contribution >= 0.6 is 11.6 Å². The Morgan fingerprint density at radius 2 is 1.72 bits per heavy atom. The van der Waals surface area contributed by atoms with E-state index >= 15 is 0 Å². The SMILES string of the molecule is CC[C@H](C(=O)NCC(C)C)N(Cc1ccccc1Cl)C(=O)COc1ccccc1. The Kier molecular flexibility index (Phi) is 9.00. The van der Waals surface area contributed by atoms with Gasteiger partial charge in [-0.25, -0.2) is 0 Å². The number of para-hydroxylation sites is 1. The van der Waals surface area contributed by atoms with Gasteiger partial charge in [0.05, 0.1) is 0 Å². The van der Waals surface area contributed by atoms with E-state index in [1.807, 2.05) is 57.2 Å². The first-order chi connectivity index (χ1) is 13.9. The van der Waals surface area contributed by atoms with Gasteiger partial charge in [0, 0.05) is 18.1 Å². The lowest BCUT2D eigenvalue weighted by Gasteiger charge is -2.31. The van der Waals surface area contributed by atoms with Gasteiger partial charge in [-0.1, -0.05) is 68.8 Å². The Morgan fingerprint density at radius 1 is 1.07 bits per heavy atom. The van der Waals surface area contributed by atoms with Crippen LogP contribution in [0.5, 0.6) is 5.75 Å². The van der Waals surface area contributed by atoms with E-state index in [1.165, 1.54) is 0 Å². The third-order valence-electron chi connectivity index (χ3n) is 4.47. The summed E-state index contributed by atoms with van der Waals surface area (Å²) in [6, 6.07) is 15.9. The first kappa shape index (κ1) is 22.8. The molecule has 5 nitrogen and oxygen atoms in total. The van der Waals surface area contributed by atoms with Gasteiger partial charge in [-0.15, -0.1) is 0 Å². The van der Waals surface area contributed by atoms with Gasteiger partial charge >= 0.3 is 0 Å². The molecule has 0 spiro atoms. The van der Waals surface area contributed by atoms with Gasteiger partial charge in [0.1, 0.15) is 11.8 Å². The Hall–Kier alpha value is -2.53. The molecule has 0 saturated heterocycles. The topological polar surface area (TPSA) is 58.6 Å². The molecular weight excluding hydrogens is 388 g/mol. The molecule has 1 atom stereocenters. The van der Waals surface area contributed by atoms with Crippen LogP contribution in [0.4, 0.5) is 0 Å². The molecule has 0 unspecified atom stereocenters. The maximum Gasteiger partial charge on any atom is 0.261 e. The highest BCUT2D eigenvalue weighted by atomic mass is 35.5. The predicted octanol–water partition coefficient (Wildman–Crippen LogP) is 4.30.